The lowest BCUT2D eigenvalue weighted by molar-refractivity contribution is -0.139. The van der Waals surface area contributed by atoms with Crippen molar-refractivity contribution in [2.75, 3.05) is 12.4 Å². The van der Waals surface area contributed by atoms with Crippen LogP contribution in [-0.4, -0.2) is 38.0 Å². The van der Waals surface area contributed by atoms with Crippen molar-refractivity contribution in [2.45, 2.75) is 43.9 Å². The highest BCUT2D eigenvalue weighted by Crippen LogP contribution is 2.23. The van der Waals surface area contributed by atoms with Crippen LogP contribution in [0, 0.1) is 0 Å². The van der Waals surface area contributed by atoms with Crippen LogP contribution >= 0.6 is 0 Å². The van der Waals surface area contributed by atoms with Crippen molar-refractivity contribution in [3.8, 4) is 0 Å². The molecule has 0 heterocycles. The molecule has 0 aliphatic heterocycles. The van der Waals surface area contributed by atoms with Crippen molar-refractivity contribution in [3.05, 3.63) is 0 Å². The van der Waals surface area contributed by atoms with Crippen molar-refractivity contribution in [1.29, 1.82) is 0 Å². The lowest BCUT2D eigenvalue weighted by atomic mass is 9.96. The van der Waals surface area contributed by atoms with Gasteiger partial charge >= 0.3 is 5.97 Å². The lowest BCUT2D eigenvalue weighted by Crippen LogP contribution is -2.37. The van der Waals surface area contributed by atoms with Crippen molar-refractivity contribution in [3.63, 3.8) is 0 Å². The van der Waals surface area contributed by atoms with Crippen LogP contribution < -0.4 is 5.73 Å². The summed E-state index contributed by atoms with van der Waals surface area (Å²) in [5, 5.41) is -0.472. The number of ether oxygens (including phenoxy) is 1. The minimum absolute atomic E-state index is 0.0595. The average molecular weight is 249 g/mol. The summed E-state index contributed by atoms with van der Waals surface area (Å²) in [5.41, 5.74) is 5.73. The smallest absolute Gasteiger partial charge is 0.321 e. The Morgan fingerprint density at radius 1 is 1.44 bits per heavy atom. The fraction of sp³-hybridized carbons (Fsp3) is 0.900. The van der Waals surface area contributed by atoms with E-state index in [1.807, 2.05) is 0 Å². The molecule has 1 fully saturated rings. The predicted molar refractivity (Wildman–Crippen MR) is 60.7 cm³/mol. The molecule has 0 aromatic carbocycles. The Kier molecular flexibility index (Phi) is 4.73. The second-order valence-corrected chi connectivity index (χ2v) is 6.44. The van der Waals surface area contributed by atoms with Gasteiger partial charge in [-0.15, -0.1) is 0 Å². The van der Waals surface area contributed by atoms with E-state index in [-0.39, 0.29) is 12.6 Å². The van der Waals surface area contributed by atoms with E-state index in [2.05, 4.69) is 4.74 Å². The molecule has 1 aliphatic rings. The molecule has 1 rings (SSSR count). The SMILES string of the molecule is CCOC(=O)CS(=O)(=O)C1CCCC(N)C1. The van der Waals surface area contributed by atoms with Crippen LogP contribution in [0.15, 0.2) is 0 Å². The summed E-state index contributed by atoms with van der Waals surface area (Å²) in [7, 11) is -3.39. The fourth-order valence-electron chi connectivity index (χ4n) is 1.99. The van der Waals surface area contributed by atoms with E-state index >= 15 is 0 Å². The zero-order valence-electron chi connectivity index (χ0n) is 9.52. The van der Waals surface area contributed by atoms with Crippen LogP contribution in [0.25, 0.3) is 0 Å². The van der Waals surface area contributed by atoms with Gasteiger partial charge in [-0.3, -0.25) is 4.79 Å². The third-order valence-electron chi connectivity index (χ3n) is 2.80. The van der Waals surface area contributed by atoms with Crippen molar-refractivity contribution in [1.82, 2.24) is 0 Å². The highest BCUT2D eigenvalue weighted by atomic mass is 32.2. The summed E-state index contributed by atoms with van der Waals surface area (Å²) in [6.45, 7) is 1.86. The molecule has 0 aromatic rings. The maximum absolute atomic E-state index is 11.9. The molecule has 2 atom stereocenters. The van der Waals surface area contributed by atoms with E-state index in [4.69, 9.17) is 5.73 Å². The zero-order valence-corrected chi connectivity index (χ0v) is 10.3. The summed E-state index contributed by atoms with van der Waals surface area (Å²) in [5.74, 6) is -1.18. The van der Waals surface area contributed by atoms with E-state index in [1.165, 1.54) is 0 Å². The van der Waals surface area contributed by atoms with Crippen LogP contribution in [0.4, 0.5) is 0 Å². The summed E-state index contributed by atoms with van der Waals surface area (Å²) in [4.78, 5) is 11.2. The van der Waals surface area contributed by atoms with Gasteiger partial charge in [0, 0.05) is 6.04 Å². The number of nitrogens with two attached hydrogens (primary N) is 1. The van der Waals surface area contributed by atoms with Crippen molar-refractivity contribution >= 4 is 15.8 Å². The van der Waals surface area contributed by atoms with Gasteiger partial charge in [0.1, 0.15) is 5.75 Å². The van der Waals surface area contributed by atoms with E-state index in [0.717, 1.165) is 12.8 Å². The van der Waals surface area contributed by atoms with Gasteiger partial charge < -0.3 is 10.5 Å². The topological polar surface area (TPSA) is 86.5 Å². The van der Waals surface area contributed by atoms with E-state index in [0.29, 0.717) is 12.8 Å². The van der Waals surface area contributed by atoms with Gasteiger partial charge in [-0.05, 0) is 26.2 Å². The van der Waals surface area contributed by atoms with E-state index in [9.17, 15) is 13.2 Å². The number of rotatable bonds is 4. The minimum atomic E-state index is -3.39. The predicted octanol–water partition coefficient (Wildman–Crippen LogP) is 0.234. The Balaban J connectivity index is 2.59. The van der Waals surface area contributed by atoms with Gasteiger partial charge in [0.2, 0.25) is 0 Å². The van der Waals surface area contributed by atoms with Crippen LogP contribution in [0.3, 0.4) is 0 Å². The zero-order chi connectivity index (χ0) is 12.2. The van der Waals surface area contributed by atoms with Crippen LogP contribution in [0.2, 0.25) is 0 Å². The van der Waals surface area contributed by atoms with Gasteiger partial charge in [0.15, 0.2) is 9.84 Å². The number of carbonyl (C=O) groups is 1. The summed E-state index contributed by atoms with van der Waals surface area (Å²) < 4.78 is 28.4. The summed E-state index contributed by atoms with van der Waals surface area (Å²) in [6, 6.07) is -0.0595. The van der Waals surface area contributed by atoms with Crippen LogP contribution in [0.5, 0.6) is 0 Å². The number of carbonyl (C=O) groups excluding carboxylic acids is 1. The molecule has 2 N–H and O–H groups in total. The highest BCUT2D eigenvalue weighted by molar-refractivity contribution is 7.92. The third-order valence-corrected chi connectivity index (χ3v) is 4.88. The first-order valence-electron chi connectivity index (χ1n) is 5.58. The van der Waals surface area contributed by atoms with E-state index < -0.39 is 26.8 Å². The van der Waals surface area contributed by atoms with Crippen molar-refractivity contribution < 1.29 is 17.9 Å². The Hall–Kier alpha value is -0.620. The molecule has 0 bridgehead atoms. The molecule has 0 radical (unpaired) electrons. The first kappa shape index (κ1) is 13.4. The Morgan fingerprint density at radius 2 is 2.12 bits per heavy atom. The van der Waals surface area contributed by atoms with Gasteiger partial charge in [0.25, 0.3) is 0 Å². The molecule has 0 saturated heterocycles. The largest absolute Gasteiger partial charge is 0.465 e. The van der Waals surface area contributed by atoms with Gasteiger partial charge in [-0.2, -0.15) is 0 Å². The molecule has 94 valence electrons. The molecule has 6 heteroatoms. The standard InChI is InChI=1S/C10H19NO4S/c1-2-15-10(12)7-16(13,14)9-5-3-4-8(11)6-9/h8-9H,2-7,11H2,1H3. The first-order valence-corrected chi connectivity index (χ1v) is 7.30. The lowest BCUT2D eigenvalue weighted by Gasteiger charge is -2.25. The molecule has 16 heavy (non-hydrogen) atoms. The number of hydrogen-bond donors (Lipinski definition) is 1. The van der Waals surface area contributed by atoms with Gasteiger partial charge in [0.05, 0.1) is 11.9 Å². The second-order valence-electron chi connectivity index (χ2n) is 4.16. The van der Waals surface area contributed by atoms with Gasteiger partial charge in [-0.25, -0.2) is 8.42 Å². The van der Waals surface area contributed by atoms with Gasteiger partial charge in [-0.1, -0.05) is 6.42 Å². The molecule has 5 nitrogen and oxygen atoms in total. The quantitative estimate of drug-likeness (QED) is 0.721. The maximum atomic E-state index is 11.9. The molecule has 1 saturated carbocycles. The van der Waals surface area contributed by atoms with E-state index in [1.54, 1.807) is 6.92 Å². The number of esters is 1. The highest BCUT2D eigenvalue weighted by Gasteiger charge is 2.32. The average Bonchev–Trinajstić information content (AvgIpc) is 2.17. The molecular weight excluding hydrogens is 230 g/mol. The van der Waals surface area contributed by atoms with Crippen LogP contribution in [0.1, 0.15) is 32.6 Å². The Bertz CT molecular complexity index is 339. The molecule has 0 amide bonds. The molecule has 0 spiro atoms. The number of hydrogen-bond acceptors (Lipinski definition) is 5. The number of sulfone groups is 1. The molecule has 0 aromatic heterocycles. The molecule has 1 aliphatic carbocycles. The first-order chi connectivity index (χ1) is 7.45. The maximum Gasteiger partial charge on any atom is 0.321 e. The normalized spacial score (nSPS) is 26.4. The Labute approximate surface area is 96.3 Å². The third kappa shape index (κ3) is 3.75. The Morgan fingerprint density at radius 3 is 2.69 bits per heavy atom. The summed E-state index contributed by atoms with van der Waals surface area (Å²) in [6.07, 6.45) is 2.75. The molecule has 2 unspecified atom stereocenters. The van der Waals surface area contributed by atoms with Crippen molar-refractivity contribution in [2.24, 2.45) is 5.73 Å². The second kappa shape index (κ2) is 5.63. The summed E-state index contributed by atoms with van der Waals surface area (Å²) >= 11 is 0. The monoisotopic (exact) mass is 249 g/mol. The minimum Gasteiger partial charge on any atom is -0.465 e. The van der Waals surface area contributed by atoms with Crippen LogP contribution in [-0.2, 0) is 19.4 Å². The fourth-order valence-corrected chi connectivity index (χ4v) is 3.71. The molecular formula is C10H19NO4S.